The molecule has 0 radical (unpaired) electrons. The maximum absolute atomic E-state index is 13.5. The SMILES string of the molecule is O=C(Cc1ccccc1)NCCC(=O)N1CCNCC1c1cccc(F)c1. The Labute approximate surface area is 158 Å². The maximum atomic E-state index is 13.5. The molecule has 1 saturated heterocycles. The third-order valence-corrected chi connectivity index (χ3v) is 4.67. The quantitative estimate of drug-likeness (QED) is 0.819. The van der Waals surface area contributed by atoms with Gasteiger partial charge < -0.3 is 15.5 Å². The first kappa shape index (κ1) is 19.0. The standard InChI is InChI=1S/C21H24FN3O2/c22-18-8-4-7-17(14-18)19-15-23-11-12-25(19)21(27)9-10-24-20(26)13-16-5-2-1-3-6-16/h1-8,14,19,23H,9-13,15H2,(H,24,26). The summed E-state index contributed by atoms with van der Waals surface area (Å²) >= 11 is 0. The Balaban J connectivity index is 1.52. The number of carbonyl (C=O) groups is 2. The molecule has 1 heterocycles. The van der Waals surface area contributed by atoms with Crippen molar-refractivity contribution in [2.45, 2.75) is 18.9 Å². The van der Waals surface area contributed by atoms with Crippen molar-refractivity contribution < 1.29 is 14.0 Å². The van der Waals surface area contributed by atoms with Crippen molar-refractivity contribution in [2.75, 3.05) is 26.2 Å². The summed E-state index contributed by atoms with van der Waals surface area (Å²) in [6.07, 6.45) is 0.529. The van der Waals surface area contributed by atoms with Gasteiger partial charge in [0.15, 0.2) is 0 Å². The van der Waals surface area contributed by atoms with Crippen LogP contribution in [-0.4, -0.2) is 42.9 Å². The third kappa shape index (κ3) is 5.37. The summed E-state index contributed by atoms with van der Waals surface area (Å²) < 4.78 is 13.5. The van der Waals surface area contributed by atoms with Gasteiger partial charge >= 0.3 is 0 Å². The molecule has 2 N–H and O–H groups in total. The van der Waals surface area contributed by atoms with Gasteiger partial charge in [0.2, 0.25) is 11.8 Å². The fourth-order valence-corrected chi connectivity index (χ4v) is 3.31. The molecule has 2 amide bonds. The number of nitrogens with one attached hydrogen (secondary N) is 2. The molecule has 27 heavy (non-hydrogen) atoms. The summed E-state index contributed by atoms with van der Waals surface area (Å²) in [5, 5.41) is 6.06. The van der Waals surface area contributed by atoms with Crippen LogP contribution in [0.5, 0.6) is 0 Å². The summed E-state index contributed by atoms with van der Waals surface area (Å²) in [4.78, 5) is 26.4. The summed E-state index contributed by atoms with van der Waals surface area (Å²) in [7, 11) is 0. The molecular formula is C21H24FN3O2. The molecule has 1 aliphatic heterocycles. The van der Waals surface area contributed by atoms with Crippen molar-refractivity contribution in [3.8, 4) is 0 Å². The normalized spacial score (nSPS) is 16.8. The first-order chi connectivity index (χ1) is 13.1. The Morgan fingerprint density at radius 1 is 1.15 bits per heavy atom. The van der Waals surface area contributed by atoms with Gasteiger partial charge in [-0.05, 0) is 23.3 Å². The second kappa shape index (κ2) is 9.28. The second-order valence-corrected chi connectivity index (χ2v) is 6.62. The van der Waals surface area contributed by atoms with Crippen molar-refractivity contribution in [1.29, 1.82) is 0 Å². The van der Waals surface area contributed by atoms with Crippen LogP contribution in [0.3, 0.4) is 0 Å². The largest absolute Gasteiger partial charge is 0.355 e. The second-order valence-electron chi connectivity index (χ2n) is 6.62. The summed E-state index contributed by atoms with van der Waals surface area (Å²) in [6.45, 7) is 2.16. The van der Waals surface area contributed by atoms with E-state index in [4.69, 9.17) is 0 Å². The minimum atomic E-state index is -0.307. The zero-order chi connectivity index (χ0) is 19.1. The smallest absolute Gasteiger partial charge is 0.224 e. The van der Waals surface area contributed by atoms with Crippen LogP contribution < -0.4 is 10.6 Å². The molecule has 2 aromatic carbocycles. The van der Waals surface area contributed by atoms with Gasteiger partial charge in [0.25, 0.3) is 0 Å². The Morgan fingerprint density at radius 3 is 2.74 bits per heavy atom. The van der Waals surface area contributed by atoms with Crippen molar-refractivity contribution in [1.82, 2.24) is 15.5 Å². The maximum Gasteiger partial charge on any atom is 0.224 e. The van der Waals surface area contributed by atoms with Crippen LogP contribution in [0.4, 0.5) is 4.39 Å². The van der Waals surface area contributed by atoms with E-state index in [9.17, 15) is 14.0 Å². The molecule has 1 atom stereocenters. The van der Waals surface area contributed by atoms with Crippen LogP contribution in [0.25, 0.3) is 0 Å². The number of hydrogen-bond donors (Lipinski definition) is 2. The lowest BCUT2D eigenvalue weighted by Gasteiger charge is -2.36. The van der Waals surface area contributed by atoms with E-state index in [0.29, 0.717) is 32.6 Å². The molecule has 1 fully saturated rings. The Morgan fingerprint density at radius 2 is 1.96 bits per heavy atom. The predicted molar refractivity (Wildman–Crippen MR) is 101 cm³/mol. The lowest BCUT2D eigenvalue weighted by Crippen LogP contribution is -2.49. The van der Waals surface area contributed by atoms with Gasteiger partial charge in [-0.2, -0.15) is 0 Å². The fraction of sp³-hybridized carbons (Fsp3) is 0.333. The van der Waals surface area contributed by atoms with Crippen LogP contribution in [-0.2, 0) is 16.0 Å². The van der Waals surface area contributed by atoms with E-state index in [0.717, 1.165) is 11.1 Å². The molecule has 0 aromatic heterocycles. The lowest BCUT2D eigenvalue weighted by molar-refractivity contribution is -0.134. The number of hydrogen-bond acceptors (Lipinski definition) is 3. The zero-order valence-corrected chi connectivity index (χ0v) is 15.2. The number of piperazine rings is 1. The van der Waals surface area contributed by atoms with Crippen LogP contribution in [0.15, 0.2) is 54.6 Å². The van der Waals surface area contributed by atoms with E-state index < -0.39 is 0 Å². The molecule has 1 unspecified atom stereocenters. The van der Waals surface area contributed by atoms with Gasteiger partial charge in [0.1, 0.15) is 5.82 Å². The van der Waals surface area contributed by atoms with Crippen LogP contribution in [0.2, 0.25) is 0 Å². The van der Waals surface area contributed by atoms with Crippen LogP contribution >= 0.6 is 0 Å². The van der Waals surface area contributed by atoms with E-state index in [-0.39, 0.29) is 30.1 Å². The van der Waals surface area contributed by atoms with Gasteiger partial charge in [0, 0.05) is 32.6 Å². The highest BCUT2D eigenvalue weighted by atomic mass is 19.1. The highest BCUT2D eigenvalue weighted by molar-refractivity contribution is 5.80. The van der Waals surface area contributed by atoms with Crippen molar-refractivity contribution in [3.63, 3.8) is 0 Å². The van der Waals surface area contributed by atoms with Gasteiger partial charge in [0.05, 0.1) is 12.5 Å². The first-order valence-corrected chi connectivity index (χ1v) is 9.20. The van der Waals surface area contributed by atoms with E-state index in [2.05, 4.69) is 10.6 Å². The minimum absolute atomic E-state index is 0.0363. The summed E-state index contributed by atoms with van der Waals surface area (Å²) in [6, 6.07) is 15.7. The average Bonchev–Trinajstić information content (AvgIpc) is 2.68. The number of nitrogens with zero attached hydrogens (tertiary/aromatic N) is 1. The molecular weight excluding hydrogens is 345 g/mol. The monoisotopic (exact) mass is 369 g/mol. The molecule has 142 valence electrons. The number of amides is 2. The Hall–Kier alpha value is -2.73. The van der Waals surface area contributed by atoms with E-state index in [1.165, 1.54) is 12.1 Å². The van der Waals surface area contributed by atoms with Crippen molar-refractivity contribution in [3.05, 3.63) is 71.5 Å². The molecule has 6 heteroatoms. The third-order valence-electron chi connectivity index (χ3n) is 4.67. The summed E-state index contributed by atoms with van der Waals surface area (Å²) in [5.41, 5.74) is 1.72. The van der Waals surface area contributed by atoms with E-state index in [1.807, 2.05) is 36.4 Å². The minimum Gasteiger partial charge on any atom is -0.355 e. The average molecular weight is 369 g/mol. The van der Waals surface area contributed by atoms with Gasteiger partial charge in [-0.1, -0.05) is 42.5 Å². The van der Waals surface area contributed by atoms with Crippen LogP contribution in [0, 0.1) is 5.82 Å². The topological polar surface area (TPSA) is 61.4 Å². The zero-order valence-electron chi connectivity index (χ0n) is 15.2. The van der Waals surface area contributed by atoms with E-state index >= 15 is 0 Å². The molecule has 0 spiro atoms. The van der Waals surface area contributed by atoms with Crippen molar-refractivity contribution in [2.24, 2.45) is 0 Å². The highest BCUT2D eigenvalue weighted by Crippen LogP contribution is 2.23. The first-order valence-electron chi connectivity index (χ1n) is 9.20. The van der Waals surface area contributed by atoms with E-state index in [1.54, 1.807) is 11.0 Å². The number of rotatable bonds is 6. The molecule has 0 bridgehead atoms. The molecule has 0 aliphatic carbocycles. The van der Waals surface area contributed by atoms with Crippen LogP contribution in [0.1, 0.15) is 23.6 Å². The molecule has 0 saturated carbocycles. The highest BCUT2D eigenvalue weighted by Gasteiger charge is 2.27. The van der Waals surface area contributed by atoms with Gasteiger partial charge in [-0.3, -0.25) is 9.59 Å². The Kier molecular flexibility index (Phi) is 6.54. The Bertz CT molecular complexity index is 782. The summed E-state index contributed by atoms with van der Waals surface area (Å²) in [5.74, 6) is -0.444. The molecule has 2 aromatic rings. The molecule has 3 rings (SSSR count). The lowest BCUT2D eigenvalue weighted by atomic mass is 10.0. The number of carbonyl (C=O) groups excluding carboxylic acids is 2. The number of benzene rings is 2. The van der Waals surface area contributed by atoms with Crippen molar-refractivity contribution >= 4 is 11.8 Å². The van der Waals surface area contributed by atoms with Gasteiger partial charge in [-0.25, -0.2) is 4.39 Å². The molecule has 1 aliphatic rings. The molecule has 5 nitrogen and oxygen atoms in total. The van der Waals surface area contributed by atoms with Gasteiger partial charge in [-0.15, -0.1) is 0 Å². The fourth-order valence-electron chi connectivity index (χ4n) is 3.31. The predicted octanol–water partition coefficient (Wildman–Crippen LogP) is 2.05. The number of halogens is 1.